The zero-order valence-corrected chi connectivity index (χ0v) is 13.6. The highest BCUT2D eigenvalue weighted by atomic mass is 16.5. The number of ether oxygens (including phenoxy) is 1. The van der Waals surface area contributed by atoms with Crippen molar-refractivity contribution in [2.45, 2.75) is 12.1 Å². The van der Waals surface area contributed by atoms with Gasteiger partial charge < -0.3 is 15.8 Å². The van der Waals surface area contributed by atoms with Crippen molar-refractivity contribution in [2.24, 2.45) is 12.8 Å². The molecule has 0 unspecified atom stereocenters. The van der Waals surface area contributed by atoms with Crippen LogP contribution in [0.2, 0.25) is 0 Å². The Balaban J connectivity index is 1.62. The van der Waals surface area contributed by atoms with E-state index >= 15 is 0 Å². The molecule has 4 rings (SSSR count). The summed E-state index contributed by atoms with van der Waals surface area (Å²) in [6.07, 6.45) is 4.48. The molecule has 126 valence electrons. The van der Waals surface area contributed by atoms with Gasteiger partial charge in [-0.05, 0) is 11.6 Å². The van der Waals surface area contributed by atoms with E-state index < -0.39 is 12.1 Å². The van der Waals surface area contributed by atoms with E-state index in [-0.39, 0.29) is 5.91 Å². The van der Waals surface area contributed by atoms with Gasteiger partial charge in [0.25, 0.3) is 5.91 Å². The molecule has 0 radical (unpaired) electrons. The standard InChI is InChI=1S/C18H17N5O2/c1-23-10-13(9-21-23)12-7-14-18(20-8-12)25-16(17(24)22-14)15(19)11-5-3-2-4-6-11/h2-10,15-16H,19H2,1H3,(H,22,24)/t15-,16-/m1/s1. The number of rotatable bonds is 3. The lowest BCUT2D eigenvalue weighted by Crippen LogP contribution is -2.44. The zero-order valence-electron chi connectivity index (χ0n) is 13.6. The van der Waals surface area contributed by atoms with Crippen molar-refractivity contribution in [1.29, 1.82) is 0 Å². The molecule has 7 nitrogen and oxygen atoms in total. The molecule has 2 aromatic heterocycles. The Bertz CT molecular complexity index is 922. The molecule has 1 aliphatic rings. The molecule has 3 heterocycles. The van der Waals surface area contributed by atoms with Crippen molar-refractivity contribution in [3.05, 3.63) is 60.6 Å². The van der Waals surface area contributed by atoms with Crippen molar-refractivity contribution < 1.29 is 9.53 Å². The topological polar surface area (TPSA) is 95.1 Å². The van der Waals surface area contributed by atoms with E-state index in [0.29, 0.717) is 11.6 Å². The maximum absolute atomic E-state index is 12.5. The number of nitrogens with two attached hydrogens (primary N) is 1. The lowest BCUT2D eigenvalue weighted by molar-refractivity contribution is -0.124. The molecule has 0 aliphatic carbocycles. The number of carbonyl (C=O) groups is 1. The van der Waals surface area contributed by atoms with Gasteiger partial charge in [0.2, 0.25) is 5.88 Å². The van der Waals surface area contributed by atoms with Crippen LogP contribution in [0.1, 0.15) is 11.6 Å². The van der Waals surface area contributed by atoms with Crippen LogP contribution >= 0.6 is 0 Å². The third-order valence-electron chi connectivity index (χ3n) is 4.15. The second-order valence-electron chi connectivity index (χ2n) is 5.94. The fourth-order valence-electron chi connectivity index (χ4n) is 2.83. The molecule has 7 heteroatoms. The Labute approximate surface area is 144 Å². The zero-order chi connectivity index (χ0) is 17.4. The molecule has 0 saturated carbocycles. The first-order valence-corrected chi connectivity index (χ1v) is 7.89. The number of pyridine rings is 1. The maximum atomic E-state index is 12.5. The van der Waals surface area contributed by atoms with Gasteiger partial charge in [-0.25, -0.2) is 4.98 Å². The monoisotopic (exact) mass is 335 g/mol. The number of anilines is 1. The smallest absolute Gasteiger partial charge is 0.267 e. The second kappa shape index (κ2) is 6.03. The predicted octanol–water partition coefficient (Wildman–Crippen LogP) is 1.88. The summed E-state index contributed by atoms with van der Waals surface area (Å²) in [6, 6.07) is 10.6. The van der Waals surface area contributed by atoms with Crippen LogP contribution in [0.25, 0.3) is 11.1 Å². The Morgan fingerprint density at radius 1 is 1.24 bits per heavy atom. The lowest BCUT2D eigenvalue weighted by atomic mass is 10.0. The Morgan fingerprint density at radius 3 is 2.76 bits per heavy atom. The van der Waals surface area contributed by atoms with Gasteiger partial charge in [0, 0.05) is 30.6 Å². The number of hydrogen-bond donors (Lipinski definition) is 2. The summed E-state index contributed by atoms with van der Waals surface area (Å²) in [6.45, 7) is 0. The number of benzene rings is 1. The maximum Gasteiger partial charge on any atom is 0.267 e. The number of nitrogens with one attached hydrogen (secondary N) is 1. The van der Waals surface area contributed by atoms with Crippen LogP contribution in [0.3, 0.4) is 0 Å². The van der Waals surface area contributed by atoms with E-state index in [2.05, 4.69) is 15.4 Å². The van der Waals surface area contributed by atoms with Gasteiger partial charge in [-0.3, -0.25) is 9.48 Å². The number of aromatic nitrogens is 3. The van der Waals surface area contributed by atoms with Crippen molar-refractivity contribution in [3.8, 4) is 17.0 Å². The van der Waals surface area contributed by atoms with E-state index in [1.807, 2.05) is 49.6 Å². The van der Waals surface area contributed by atoms with Crippen LogP contribution < -0.4 is 15.8 Å². The van der Waals surface area contributed by atoms with Gasteiger partial charge in [-0.1, -0.05) is 30.3 Å². The molecule has 3 aromatic rings. The number of nitrogens with zero attached hydrogens (tertiary/aromatic N) is 3. The number of aryl methyl sites for hydroxylation is 1. The minimum Gasteiger partial charge on any atom is -0.461 e. The van der Waals surface area contributed by atoms with Gasteiger partial charge in [-0.2, -0.15) is 5.10 Å². The number of fused-ring (bicyclic) bond motifs is 1. The van der Waals surface area contributed by atoms with E-state index in [9.17, 15) is 4.79 Å². The van der Waals surface area contributed by atoms with Crippen LogP contribution in [0.15, 0.2) is 55.0 Å². The minimum absolute atomic E-state index is 0.283. The summed E-state index contributed by atoms with van der Waals surface area (Å²) in [5.74, 6) is 0.0811. The highest BCUT2D eigenvalue weighted by Crippen LogP contribution is 2.33. The lowest BCUT2D eigenvalue weighted by Gasteiger charge is -2.29. The fraction of sp³-hybridized carbons (Fsp3) is 0.167. The Morgan fingerprint density at radius 2 is 2.04 bits per heavy atom. The first-order valence-electron chi connectivity index (χ1n) is 7.89. The molecule has 1 amide bonds. The average molecular weight is 335 g/mol. The van der Waals surface area contributed by atoms with Gasteiger partial charge in [0.05, 0.1) is 12.2 Å². The SMILES string of the molecule is Cn1cc(-c2cnc3c(c2)NC(=O)[C@@H]([C@H](N)c2ccccc2)O3)cn1. The molecule has 0 bridgehead atoms. The highest BCUT2D eigenvalue weighted by Gasteiger charge is 2.34. The Hall–Kier alpha value is -3.19. The van der Waals surface area contributed by atoms with E-state index in [1.54, 1.807) is 17.1 Å². The third kappa shape index (κ3) is 2.85. The molecule has 2 atom stereocenters. The van der Waals surface area contributed by atoms with Crippen LogP contribution in [0.5, 0.6) is 5.88 Å². The number of amides is 1. The van der Waals surface area contributed by atoms with Crippen LogP contribution in [0.4, 0.5) is 5.69 Å². The molecule has 0 fully saturated rings. The van der Waals surface area contributed by atoms with Gasteiger partial charge in [-0.15, -0.1) is 0 Å². The summed E-state index contributed by atoms with van der Waals surface area (Å²) >= 11 is 0. The van der Waals surface area contributed by atoms with Crippen LogP contribution in [0, 0.1) is 0 Å². The molecular weight excluding hydrogens is 318 g/mol. The molecular formula is C18H17N5O2. The summed E-state index contributed by atoms with van der Waals surface area (Å²) < 4.78 is 7.49. The largest absolute Gasteiger partial charge is 0.461 e. The quantitative estimate of drug-likeness (QED) is 0.762. The van der Waals surface area contributed by atoms with Gasteiger partial charge in [0.1, 0.15) is 5.69 Å². The first kappa shape index (κ1) is 15.3. The summed E-state index contributed by atoms with van der Waals surface area (Å²) in [5.41, 5.74) is 9.34. The van der Waals surface area contributed by atoms with Gasteiger partial charge in [0.15, 0.2) is 6.10 Å². The molecule has 0 saturated heterocycles. The summed E-state index contributed by atoms with van der Waals surface area (Å²) in [4.78, 5) is 16.8. The second-order valence-corrected chi connectivity index (χ2v) is 5.94. The number of hydrogen-bond acceptors (Lipinski definition) is 5. The van der Waals surface area contributed by atoms with E-state index in [1.165, 1.54) is 0 Å². The van der Waals surface area contributed by atoms with Crippen molar-refractivity contribution in [3.63, 3.8) is 0 Å². The fourth-order valence-corrected chi connectivity index (χ4v) is 2.83. The van der Waals surface area contributed by atoms with Crippen molar-refractivity contribution in [1.82, 2.24) is 14.8 Å². The molecule has 0 spiro atoms. The highest BCUT2D eigenvalue weighted by molar-refractivity contribution is 5.98. The molecule has 25 heavy (non-hydrogen) atoms. The average Bonchev–Trinajstić information content (AvgIpc) is 3.07. The minimum atomic E-state index is -0.827. The Kier molecular flexibility index (Phi) is 3.70. The van der Waals surface area contributed by atoms with Crippen molar-refractivity contribution in [2.75, 3.05) is 5.32 Å². The first-order chi connectivity index (χ1) is 12.1. The molecule has 1 aliphatic heterocycles. The van der Waals surface area contributed by atoms with E-state index in [0.717, 1.165) is 16.7 Å². The predicted molar refractivity (Wildman–Crippen MR) is 92.9 cm³/mol. The normalized spacial score (nSPS) is 17.4. The van der Waals surface area contributed by atoms with Gasteiger partial charge >= 0.3 is 0 Å². The van der Waals surface area contributed by atoms with E-state index in [4.69, 9.17) is 10.5 Å². The third-order valence-corrected chi connectivity index (χ3v) is 4.15. The van der Waals surface area contributed by atoms with Crippen LogP contribution in [-0.2, 0) is 11.8 Å². The van der Waals surface area contributed by atoms with Crippen molar-refractivity contribution >= 4 is 11.6 Å². The molecule has 1 aromatic carbocycles. The summed E-state index contributed by atoms with van der Waals surface area (Å²) in [5, 5.41) is 6.99. The number of carbonyl (C=O) groups excluding carboxylic acids is 1. The summed E-state index contributed by atoms with van der Waals surface area (Å²) in [7, 11) is 1.84. The van der Waals surface area contributed by atoms with Crippen LogP contribution in [-0.4, -0.2) is 26.8 Å². The molecule has 3 N–H and O–H groups in total.